The minimum absolute atomic E-state index is 0.00709. The highest BCUT2D eigenvalue weighted by atomic mass is 16.6. The molecule has 1 fully saturated rings. The normalized spacial score (nSPS) is 19.0. The Kier molecular flexibility index (Phi) is 4.41. The van der Waals surface area contributed by atoms with Gasteiger partial charge in [-0.15, -0.1) is 0 Å². The van der Waals surface area contributed by atoms with Gasteiger partial charge in [0.15, 0.2) is 11.5 Å². The zero-order chi connectivity index (χ0) is 16.3. The van der Waals surface area contributed by atoms with Crippen LogP contribution in [0.25, 0.3) is 0 Å². The van der Waals surface area contributed by atoms with E-state index in [4.69, 9.17) is 9.47 Å². The van der Waals surface area contributed by atoms with Crippen LogP contribution in [0.5, 0.6) is 11.5 Å². The van der Waals surface area contributed by atoms with Crippen LogP contribution >= 0.6 is 0 Å². The summed E-state index contributed by atoms with van der Waals surface area (Å²) in [6, 6.07) is 5.29. The van der Waals surface area contributed by atoms with Crippen molar-refractivity contribution in [3.05, 3.63) is 18.2 Å². The number of hydrogen-bond donors (Lipinski definition) is 2. The number of carboxylic acid groups (broad SMARTS) is 1. The molecule has 0 bridgehead atoms. The van der Waals surface area contributed by atoms with Crippen LogP contribution in [0.2, 0.25) is 0 Å². The van der Waals surface area contributed by atoms with Crippen molar-refractivity contribution in [3.63, 3.8) is 0 Å². The number of aliphatic carboxylic acids is 1. The number of hydrogen-bond acceptors (Lipinski definition) is 4. The Balaban J connectivity index is 1.73. The molecule has 0 saturated heterocycles. The number of carbonyl (C=O) groups is 2. The number of nitrogens with one attached hydrogen (secondary N) is 1. The van der Waals surface area contributed by atoms with E-state index in [0.29, 0.717) is 43.2 Å². The Bertz CT molecular complexity index is 607. The summed E-state index contributed by atoms with van der Waals surface area (Å²) in [5.41, 5.74) is -0.405. The highest BCUT2D eigenvalue weighted by Gasteiger charge is 2.41. The summed E-state index contributed by atoms with van der Waals surface area (Å²) in [6.45, 7) is 0.908. The Morgan fingerprint density at radius 3 is 2.61 bits per heavy atom. The minimum atomic E-state index is -0.936. The fourth-order valence-corrected chi connectivity index (χ4v) is 3.37. The molecule has 1 aromatic rings. The van der Waals surface area contributed by atoms with Crippen LogP contribution in [0.3, 0.4) is 0 Å². The van der Waals surface area contributed by atoms with Crippen molar-refractivity contribution in [1.82, 2.24) is 0 Å². The average molecular weight is 319 g/mol. The van der Waals surface area contributed by atoms with E-state index in [0.717, 1.165) is 19.3 Å². The molecule has 0 aromatic heterocycles. The van der Waals surface area contributed by atoms with Crippen LogP contribution < -0.4 is 14.8 Å². The van der Waals surface area contributed by atoms with Gasteiger partial charge < -0.3 is 19.9 Å². The average Bonchev–Trinajstić information content (AvgIpc) is 2.56. The molecule has 1 aliphatic carbocycles. The zero-order valence-corrected chi connectivity index (χ0v) is 13.0. The third-order valence-corrected chi connectivity index (χ3v) is 4.60. The molecule has 1 aromatic carbocycles. The first-order valence-electron chi connectivity index (χ1n) is 8.03. The van der Waals surface area contributed by atoms with Gasteiger partial charge in [-0.05, 0) is 25.0 Å². The van der Waals surface area contributed by atoms with Crippen LogP contribution in [0.1, 0.15) is 38.5 Å². The molecule has 124 valence electrons. The van der Waals surface area contributed by atoms with E-state index in [1.54, 1.807) is 18.2 Å². The summed E-state index contributed by atoms with van der Waals surface area (Å²) in [7, 11) is 0. The van der Waals surface area contributed by atoms with Crippen LogP contribution in [0, 0.1) is 5.41 Å². The maximum atomic E-state index is 12.4. The van der Waals surface area contributed by atoms with Gasteiger partial charge in [-0.1, -0.05) is 25.3 Å². The third kappa shape index (κ3) is 3.25. The summed E-state index contributed by atoms with van der Waals surface area (Å²) in [5.74, 6) is -0.0568. The van der Waals surface area contributed by atoms with Crippen molar-refractivity contribution >= 4 is 17.6 Å². The Morgan fingerprint density at radius 1 is 1.13 bits per heavy atom. The van der Waals surface area contributed by atoms with E-state index in [-0.39, 0.29) is 12.3 Å². The molecule has 0 atom stereocenters. The van der Waals surface area contributed by atoms with Crippen LogP contribution in [-0.2, 0) is 9.59 Å². The SMILES string of the molecule is O=C(CC1(C(=O)O)CCCCC1)Nc1cccc2c1OCCO2. The predicted octanol–water partition coefficient (Wildman–Crippen LogP) is 2.82. The molecule has 0 spiro atoms. The second kappa shape index (κ2) is 6.48. The predicted molar refractivity (Wildman–Crippen MR) is 83.8 cm³/mol. The highest BCUT2D eigenvalue weighted by molar-refractivity contribution is 5.96. The Hall–Kier alpha value is -2.24. The topological polar surface area (TPSA) is 84.9 Å². The largest absolute Gasteiger partial charge is 0.486 e. The number of rotatable bonds is 4. The zero-order valence-electron chi connectivity index (χ0n) is 13.0. The second-order valence-electron chi connectivity index (χ2n) is 6.20. The smallest absolute Gasteiger partial charge is 0.310 e. The number of fused-ring (bicyclic) bond motifs is 1. The third-order valence-electron chi connectivity index (χ3n) is 4.60. The van der Waals surface area contributed by atoms with E-state index in [2.05, 4.69) is 5.32 Å². The first kappa shape index (κ1) is 15.6. The van der Waals surface area contributed by atoms with Crippen molar-refractivity contribution in [2.75, 3.05) is 18.5 Å². The highest BCUT2D eigenvalue weighted by Crippen LogP contribution is 2.41. The molecular formula is C17H21NO5. The fraction of sp³-hybridized carbons (Fsp3) is 0.529. The first-order chi connectivity index (χ1) is 11.1. The molecule has 1 heterocycles. The number of amides is 1. The molecule has 1 amide bonds. The van der Waals surface area contributed by atoms with E-state index in [1.807, 2.05) is 0 Å². The van der Waals surface area contributed by atoms with Gasteiger partial charge >= 0.3 is 5.97 Å². The van der Waals surface area contributed by atoms with Gasteiger partial charge in [0.25, 0.3) is 0 Å². The number of ether oxygens (including phenoxy) is 2. The van der Waals surface area contributed by atoms with Crippen LogP contribution in [-0.4, -0.2) is 30.2 Å². The molecule has 6 heteroatoms. The fourth-order valence-electron chi connectivity index (χ4n) is 3.37. The molecule has 6 nitrogen and oxygen atoms in total. The van der Waals surface area contributed by atoms with Gasteiger partial charge in [-0.3, -0.25) is 9.59 Å². The molecule has 23 heavy (non-hydrogen) atoms. The molecule has 1 saturated carbocycles. The maximum Gasteiger partial charge on any atom is 0.310 e. The quantitative estimate of drug-likeness (QED) is 0.891. The summed E-state index contributed by atoms with van der Waals surface area (Å²) >= 11 is 0. The van der Waals surface area contributed by atoms with Crippen molar-refractivity contribution in [2.24, 2.45) is 5.41 Å². The molecule has 1 aliphatic heterocycles. The standard InChI is InChI=1S/C17H21NO5/c19-14(11-17(16(20)21)7-2-1-3-8-17)18-12-5-4-6-13-15(12)23-10-9-22-13/h4-6H,1-3,7-11H2,(H,18,19)(H,20,21). The van der Waals surface area contributed by atoms with Crippen LogP contribution in [0.15, 0.2) is 18.2 Å². The van der Waals surface area contributed by atoms with Gasteiger partial charge in [-0.2, -0.15) is 0 Å². The van der Waals surface area contributed by atoms with Crippen molar-refractivity contribution in [2.45, 2.75) is 38.5 Å². The number of carbonyl (C=O) groups excluding carboxylic acids is 1. The molecule has 3 rings (SSSR count). The summed E-state index contributed by atoms with van der Waals surface area (Å²) < 4.78 is 11.0. The van der Waals surface area contributed by atoms with Crippen LogP contribution in [0.4, 0.5) is 5.69 Å². The van der Waals surface area contributed by atoms with Gasteiger partial charge in [0.1, 0.15) is 13.2 Å². The number of carboxylic acids is 1. The summed E-state index contributed by atoms with van der Waals surface area (Å²) in [6.07, 6.45) is 3.86. The molecule has 0 unspecified atom stereocenters. The van der Waals surface area contributed by atoms with E-state index in [1.165, 1.54) is 0 Å². The Morgan fingerprint density at radius 2 is 1.87 bits per heavy atom. The lowest BCUT2D eigenvalue weighted by atomic mass is 9.71. The molecule has 2 N–H and O–H groups in total. The van der Waals surface area contributed by atoms with Crippen molar-refractivity contribution in [3.8, 4) is 11.5 Å². The maximum absolute atomic E-state index is 12.4. The van der Waals surface area contributed by atoms with Gasteiger partial charge in [-0.25, -0.2) is 0 Å². The Labute approximate surface area is 134 Å². The molecular weight excluding hydrogens is 298 g/mol. The van der Waals surface area contributed by atoms with Gasteiger partial charge in [0.2, 0.25) is 5.91 Å². The second-order valence-corrected chi connectivity index (χ2v) is 6.20. The molecule has 0 radical (unpaired) electrons. The van der Waals surface area contributed by atoms with E-state index < -0.39 is 11.4 Å². The molecule has 2 aliphatic rings. The summed E-state index contributed by atoms with van der Waals surface area (Å²) in [5, 5.41) is 12.4. The van der Waals surface area contributed by atoms with Gasteiger partial charge in [0, 0.05) is 6.42 Å². The lowest BCUT2D eigenvalue weighted by Gasteiger charge is -2.32. The van der Waals surface area contributed by atoms with E-state index in [9.17, 15) is 14.7 Å². The van der Waals surface area contributed by atoms with E-state index >= 15 is 0 Å². The first-order valence-corrected chi connectivity index (χ1v) is 8.03. The lowest BCUT2D eigenvalue weighted by Crippen LogP contribution is -2.37. The number of benzene rings is 1. The summed E-state index contributed by atoms with van der Waals surface area (Å²) in [4.78, 5) is 24.1. The number of para-hydroxylation sites is 1. The minimum Gasteiger partial charge on any atom is -0.486 e. The van der Waals surface area contributed by atoms with Gasteiger partial charge in [0.05, 0.1) is 11.1 Å². The lowest BCUT2D eigenvalue weighted by molar-refractivity contribution is -0.153. The van der Waals surface area contributed by atoms with Crippen molar-refractivity contribution < 1.29 is 24.2 Å². The monoisotopic (exact) mass is 319 g/mol. The van der Waals surface area contributed by atoms with Crippen molar-refractivity contribution in [1.29, 1.82) is 0 Å². The number of anilines is 1.